The van der Waals surface area contributed by atoms with Gasteiger partial charge in [-0.2, -0.15) is 0 Å². The first-order valence-electron chi connectivity index (χ1n) is 13.4. The highest BCUT2D eigenvalue weighted by Crippen LogP contribution is 2.22. The maximum absolute atomic E-state index is 12.7. The Morgan fingerprint density at radius 1 is 0.667 bits per heavy atom. The van der Waals surface area contributed by atoms with Crippen LogP contribution in [0.4, 0.5) is 0 Å². The molecule has 2 amide bonds. The Hall–Kier alpha value is -4.06. The summed E-state index contributed by atoms with van der Waals surface area (Å²) in [6.07, 6.45) is 1.16. The Kier molecular flexibility index (Phi) is 13.3. The van der Waals surface area contributed by atoms with Crippen LogP contribution in [0, 0.1) is 20.2 Å². The minimum atomic E-state index is -1.32. The number of rotatable bonds is 14. The molecule has 18 heteroatoms. The van der Waals surface area contributed by atoms with E-state index in [-0.39, 0.29) is 12.1 Å². The molecule has 2 unspecified atom stereocenters. The number of carbonyl (C=O) groups excluding carboxylic acids is 4. The predicted octanol–water partition coefficient (Wildman–Crippen LogP) is -0.324. The van der Waals surface area contributed by atoms with E-state index in [0.717, 1.165) is 12.2 Å². The zero-order valence-corrected chi connectivity index (χ0v) is 24.0. The van der Waals surface area contributed by atoms with E-state index in [1.807, 2.05) is 0 Å². The van der Waals surface area contributed by atoms with Gasteiger partial charge >= 0.3 is 11.9 Å². The Morgan fingerprint density at radius 2 is 0.976 bits per heavy atom. The summed E-state index contributed by atoms with van der Waals surface area (Å²) in [6, 6.07) is -0.566. The molecule has 2 saturated carbocycles. The number of ether oxygens (including phenoxy) is 2. The van der Waals surface area contributed by atoms with Crippen LogP contribution in [0.25, 0.3) is 0 Å². The fourth-order valence-corrected chi connectivity index (χ4v) is 4.64. The van der Waals surface area contributed by atoms with Gasteiger partial charge in [0, 0.05) is 24.2 Å². The number of hydrogen-bond donors (Lipinski definition) is 2. The van der Waals surface area contributed by atoms with Crippen LogP contribution in [0.3, 0.4) is 0 Å². The first kappa shape index (κ1) is 34.1. The highest BCUT2D eigenvalue weighted by atomic mass is 17.0. The number of nitrogens with one attached hydrogen (secondary N) is 2. The molecule has 2 atom stereocenters. The number of carbonyl (C=O) groups is 4. The molecule has 0 radical (unpaired) electrons. The lowest BCUT2D eigenvalue weighted by molar-refractivity contribution is -0.769. The second-order valence-electron chi connectivity index (χ2n) is 10.5. The summed E-state index contributed by atoms with van der Waals surface area (Å²) in [5.74, 6) is -3.23. The summed E-state index contributed by atoms with van der Waals surface area (Å²) >= 11 is 0. The monoisotopic (exact) mass is 602 g/mol. The summed E-state index contributed by atoms with van der Waals surface area (Å²) in [7, 11) is 6.05. The molecule has 0 aliphatic heterocycles. The highest BCUT2D eigenvalue weighted by molar-refractivity contribution is 5.94. The molecule has 0 aromatic rings. The Morgan fingerprint density at radius 3 is 1.24 bits per heavy atom. The summed E-state index contributed by atoms with van der Waals surface area (Å²) in [6.45, 7) is 0. The van der Waals surface area contributed by atoms with Gasteiger partial charge in [-0.3, -0.25) is 19.4 Å². The van der Waals surface area contributed by atoms with E-state index < -0.39 is 58.6 Å². The standard InChI is InChI=1S/C24H38N6O12/c1-27(2)23(21(33)25-15-5-9-17(10-6-15)41-29(35)36)39-19(31)13-14-20(32)40-24(28(3)4)22(34)26-16-7-11-18(12-8-16)42-30(37)38/h13-18,23-24H,5-12H2,1-4H3,(H,25,33)(H,26,34)/b14-13+. The fraction of sp³-hybridized carbons (Fsp3) is 0.750. The van der Waals surface area contributed by atoms with Crippen LogP contribution in [-0.2, 0) is 38.3 Å². The number of nitrogens with zero attached hydrogens (tertiary/aromatic N) is 4. The molecule has 0 bridgehead atoms. The molecule has 2 fully saturated rings. The van der Waals surface area contributed by atoms with E-state index in [9.17, 15) is 39.4 Å². The summed E-state index contributed by atoms with van der Waals surface area (Å²) in [5.41, 5.74) is 0. The minimum absolute atomic E-state index is 0.283. The molecule has 0 spiro atoms. The number of hydrogen-bond acceptors (Lipinski definition) is 14. The zero-order valence-electron chi connectivity index (χ0n) is 24.0. The Labute approximate surface area is 241 Å². The van der Waals surface area contributed by atoms with Crippen LogP contribution >= 0.6 is 0 Å². The summed E-state index contributed by atoms with van der Waals surface area (Å²) < 4.78 is 10.4. The van der Waals surface area contributed by atoms with Crippen molar-refractivity contribution in [1.29, 1.82) is 0 Å². The highest BCUT2D eigenvalue weighted by Gasteiger charge is 2.31. The second kappa shape index (κ2) is 16.4. The van der Waals surface area contributed by atoms with Gasteiger partial charge in [0.05, 0.1) is 0 Å². The van der Waals surface area contributed by atoms with Crippen molar-refractivity contribution in [2.75, 3.05) is 28.2 Å². The molecule has 2 aliphatic carbocycles. The van der Waals surface area contributed by atoms with Gasteiger partial charge < -0.3 is 29.8 Å². The fourth-order valence-electron chi connectivity index (χ4n) is 4.64. The quantitative estimate of drug-likeness (QED) is 0.0855. The van der Waals surface area contributed by atoms with Crippen molar-refractivity contribution in [2.24, 2.45) is 0 Å². The lowest BCUT2D eigenvalue weighted by atomic mass is 9.93. The van der Waals surface area contributed by atoms with Gasteiger partial charge in [0.2, 0.25) is 12.5 Å². The zero-order chi connectivity index (χ0) is 31.4. The van der Waals surface area contributed by atoms with Crippen LogP contribution in [-0.4, -0.2) is 109 Å². The van der Waals surface area contributed by atoms with E-state index in [1.165, 1.54) is 38.0 Å². The average molecular weight is 603 g/mol. The van der Waals surface area contributed by atoms with E-state index in [2.05, 4.69) is 20.3 Å². The van der Waals surface area contributed by atoms with Crippen LogP contribution in [0.5, 0.6) is 0 Å². The largest absolute Gasteiger partial charge is 0.433 e. The van der Waals surface area contributed by atoms with Crippen molar-refractivity contribution in [3.8, 4) is 0 Å². The lowest BCUT2D eigenvalue weighted by Crippen LogP contribution is -2.50. The molecule has 18 nitrogen and oxygen atoms in total. The number of esters is 2. The van der Waals surface area contributed by atoms with Crippen LogP contribution in [0.2, 0.25) is 0 Å². The van der Waals surface area contributed by atoms with Crippen LogP contribution < -0.4 is 10.6 Å². The van der Waals surface area contributed by atoms with Crippen molar-refractivity contribution >= 4 is 23.8 Å². The molecular formula is C24H38N6O12. The maximum Gasteiger partial charge on any atom is 0.333 e. The third kappa shape index (κ3) is 11.8. The summed E-state index contributed by atoms with van der Waals surface area (Å²) in [4.78, 5) is 83.0. The van der Waals surface area contributed by atoms with Crippen LogP contribution in [0.15, 0.2) is 12.2 Å². The maximum atomic E-state index is 12.7. The van der Waals surface area contributed by atoms with Gasteiger partial charge in [-0.05, 0) is 79.6 Å². The second-order valence-corrected chi connectivity index (χ2v) is 10.5. The minimum Gasteiger partial charge on any atom is -0.433 e. The molecule has 2 aliphatic rings. The van der Waals surface area contributed by atoms with Crippen LogP contribution in [0.1, 0.15) is 51.4 Å². The van der Waals surface area contributed by atoms with Crippen molar-refractivity contribution in [3.63, 3.8) is 0 Å². The van der Waals surface area contributed by atoms with Crippen molar-refractivity contribution in [1.82, 2.24) is 20.4 Å². The third-order valence-corrected chi connectivity index (χ3v) is 6.71. The van der Waals surface area contributed by atoms with Crippen molar-refractivity contribution < 1.29 is 48.5 Å². The van der Waals surface area contributed by atoms with E-state index in [1.54, 1.807) is 0 Å². The van der Waals surface area contributed by atoms with Gasteiger partial charge in [0.15, 0.2) is 0 Å². The molecule has 0 aromatic carbocycles. The van der Waals surface area contributed by atoms with Gasteiger partial charge in [-0.1, -0.05) is 0 Å². The van der Waals surface area contributed by atoms with Gasteiger partial charge in [-0.25, -0.2) is 9.59 Å². The Bertz CT molecular complexity index is 928. The average Bonchev–Trinajstić information content (AvgIpc) is 2.90. The van der Waals surface area contributed by atoms with E-state index >= 15 is 0 Å². The smallest absolute Gasteiger partial charge is 0.333 e. The van der Waals surface area contributed by atoms with Gasteiger partial charge in [0.1, 0.15) is 12.2 Å². The molecule has 42 heavy (non-hydrogen) atoms. The molecule has 0 aromatic heterocycles. The predicted molar refractivity (Wildman–Crippen MR) is 141 cm³/mol. The van der Waals surface area contributed by atoms with Gasteiger partial charge in [0.25, 0.3) is 22.0 Å². The molecule has 2 N–H and O–H groups in total. The van der Waals surface area contributed by atoms with Crippen molar-refractivity contribution in [2.45, 2.75) is 88.1 Å². The lowest BCUT2D eigenvalue weighted by Gasteiger charge is -2.30. The normalized spacial score (nSPS) is 23.9. The molecule has 0 saturated heterocycles. The van der Waals surface area contributed by atoms with Gasteiger partial charge in [-0.15, -0.1) is 20.2 Å². The molecule has 0 heterocycles. The topological polar surface area (TPSA) is 222 Å². The molecule has 2 rings (SSSR count). The van der Waals surface area contributed by atoms with E-state index in [4.69, 9.17) is 9.47 Å². The third-order valence-electron chi connectivity index (χ3n) is 6.71. The Balaban J connectivity index is 1.84. The summed E-state index contributed by atoms with van der Waals surface area (Å²) in [5, 5.41) is 24.8. The van der Waals surface area contributed by atoms with E-state index in [0.29, 0.717) is 51.4 Å². The number of amides is 2. The first-order chi connectivity index (χ1) is 19.7. The first-order valence-corrected chi connectivity index (χ1v) is 13.4. The SMILES string of the molecule is CN(C)C(OC(=O)/C=C/C(=O)OC(C(=O)NC1CCC(O[N+](=O)[O-])CC1)N(C)C)C(=O)NC1CCC(O[N+](=O)[O-])CC1. The molecular weight excluding hydrogens is 564 g/mol. The van der Waals surface area contributed by atoms with Crippen molar-refractivity contribution in [3.05, 3.63) is 32.4 Å². The number of likely N-dealkylation sites (N-methyl/N-ethyl adjacent to an activating group) is 2. The molecule has 236 valence electrons.